The smallest absolute Gasteiger partial charge is 0.127 e. The molecule has 2 aliphatic heterocycles. The Balaban J connectivity index is 0.946. The lowest BCUT2D eigenvalue weighted by atomic mass is 9.67. The van der Waals surface area contributed by atoms with Crippen molar-refractivity contribution in [1.29, 1.82) is 0 Å². The van der Waals surface area contributed by atoms with E-state index < -0.39 is 0 Å². The van der Waals surface area contributed by atoms with Crippen LogP contribution in [0.2, 0.25) is 0 Å². The van der Waals surface area contributed by atoms with Gasteiger partial charge in [0.15, 0.2) is 0 Å². The van der Waals surface area contributed by atoms with Crippen LogP contribution in [0.15, 0.2) is 146 Å². The first-order valence-electron chi connectivity index (χ1n) is 27.2. The third-order valence-corrected chi connectivity index (χ3v) is 19.0. The molecule has 8 atom stereocenters. The highest BCUT2D eigenvalue weighted by molar-refractivity contribution is 8.03. The maximum atomic E-state index is 5.88. The van der Waals surface area contributed by atoms with Crippen LogP contribution in [0.25, 0.3) is 23.4 Å². The summed E-state index contributed by atoms with van der Waals surface area (Å²) in [6, 6.07) is 7.32. The van der Waals surface area contributed by atoms with Crippen LogP contribution in [-0.2, 0) is 12.8 Å². The SMILES string of the molecule is C1=CCCC(C2=C(C3C=CC(c4cccc5c4SC4=Cc6c(c7c(n6C6=CCCCC6)CCC=C7)CC45)=C(C4=NC(C5CC=CCC5)NC(C5C=CCCC5)N4)C3)C(C3C=CCCC3)CC=C2)=C1. The molecule has 9 aliphatic carbocycles. The van der Waals surface area contributed by atoms with Crippen molar-refractivity contribution in [3.05, 3.63) is 170 Å². The molecule has 0 spiro atoms. The number of nitrogens with one attached hydrogen (secondary N) is 2. The summed E-state index contributed by atoms with van der Waals surface area (Å²) >= 11 is 2.08. The number of fused-ring (bicyclic) bond motifs is 6. The molecule has 4 nitrogen and oxygen atoms in total. The van der Waals surface area contributed by atoms with Gasteiger partial charge in [0.05, 0.1) is 11.9 Å². The van der Waals surface area contributed by atoms with Gasteiger partial charge in [-0.25, -0.2) is 4.99 Å². The monoisotopic (exact) mass is 915 g/mol. The number of hydrogen-bond donors (Lipinski definition) is 2. The van der Waals surface area contributed by atoms with E-state index in [0.717, 1.165) is 63.6 Å². The van der Waals surface area contributed by atoms with E-state index in [-0.39, 0.29) is 12.3 Å². The van der Waals surface area contributed by atoms with E-state index in [9.17, 15) is 0 Å². The molecule has 0 fully saturated rings. The minimum Gasteiger partial charge on any atom is -0.354 e. The second-order valence-electron chi connectivity index (χ2n) is 21.7. The van der Waals surface area contributed by atoms with E-state index in [2.05, 4.69) is 148 Å². The molecule has 1 aromatic carbocycles. The molecule has 2 aromatic rings. The van der Waals surface area contributed by atoms with Crippen molar-refractivity contribution in [3.8, 4) is 0 Å². The van der Waals surface area contributed by atoms with E-state index in [4.69, 9.17) is 4.99 Å². The zero-order valence-corrected chi connectivity index (χ0v) is 40.9. The van der Waals surface area contributed by atoms with Crippen LogP contribution in [0.3, 0.4) is 0 Å². The first kappa shape index (κ1) is 43.2. The summed E-state index contributed by atoms with van der Waals surface area (Å²) in [7, 11) is 0. The molecule has 0 radical (unpaired) electrons. The van der Waals surface area contributed by atoms with Crippen molar-refractivity contribution in [2.75, 3.05) is 0 Å². The van der Waals surface area contributed by atoms with Gasteiger partial charge in [0.25, 0.3) is 0 Å². The first-order valence-corrected chi connectivity index (χ1v) is 28.0. The largest absolute Gasteiger partial charge is 0.354 e. The number of nitrogens with zero attached hydrogens (tertiary/aromatic N) is 2. The van der Waals surface area contributed by atoms with Gasteiger partial charge in [-0.3, -0.25) is 5.32 Å². The van der Waals surface area contributed by atoms with Crippen molar-refractivity contribution in [2.45, 2.75) is 152 Å². The third-order valence-electron chi connectivity index (χ3n) is 17.7. The first-order chi connectivity index (χ1) is 33.7. The molecule has 13 rings (SSSR count). The molecule has 0 saturated carbocycles. The van der Waals surface area contributed by atoms with Crippen LogP contribution < -0.4 is 10.6 Å². The van der Waals surface area contributed by atoms with Gasteiger partial charge < -0.3 is 9.88 Å². The van der Waals surface area contributed by atoms with E-state index in [1.165, 1.54) is 125 Å². The molecule has 5 heteroatoms. The molecule has 8 unspecified atom stereocenters. The summed E-state index contributed by atoms with van der Waals surface area (Å²) < 4.78 is 2.72. The number of hydrogen-bond acceptors (Lipinski definition) is 4. The van der Waals surface area contributed by atoms with Crippen LogP contribution >= 0.6 is 11.8 Å². The lowest BCUT2D eigenvalue weighted by Gasteiger charge is -2.41. The molecule has 348 valence electrons. The van der Waals surface area contributed by atoms with E-state index in [1.807, 2.05) is 0 Å². The summed E-state index contributed by atoms with van der Waals surface area (Å²) in [4.78, 5) is 8.88. The van der Waals surface area contributed by atoms with E-state index >= 15 is 0 Å². The van der Waals surface area contributed by atoms with Gasteiger partial charge >= 0.3 is 0 Å². The Hall–Kier alpha value is -4.84. The molecular formula is C63H70N4S. The molecule has 0 amide bonds. The van der Waals surface area contributed by atoms with E-state index in [0.29, 0.717) is 35.5 Å². The lowest BCUT2D eigenvalue weighted by molar-refractivity contribution is 0.245. The number of benzene rings is 1. The number of thioether (sulfide) groups is 1. The van der Waals surface area contributed by atoms with Gasteiger partial charge in [-0.15, -0.1) is 0 Å². The normalized spacial score (nSPS) is 31.6. The minimum absolute atomic E-state index is 0.0916. The molecule has 11 aliphatic rings. The molecule has 3 heterocycles. The average molecular weight is 915 g/mol. The topological polar surface area (TPSA) is 41.4 Å². The van der Waals surface area contributed by atoms with Crippen LogP contribution in [0, 0.1) is 29.6 Å². The number of allylic oxidation sites excluding steroid dienone is 20. The molecule has 0 saturated heterocycles. The van der Waals surface area contributed by atoms with Crippen molar-refractivity contribution < 1.29 is 0 Å². The lowest BCUT2D eigenvalue weighted by Crippen LogP contribution is -2.59. The second-order valence-corrected chi connectivity index (χ2v) is 22.8. The van der Waals surface area contributed by atoms with Gasteiger partial charge in [0.1, 0.15) is 12.0 Å². The third kappa shape index (κ3) is 7.92. The van der Waals surface area contributed by atoms with Crippen molar-refractivity contribution in [2.24, 2.45) is 34.6 Å². The Kier molecular flexibility index (Phi) is 12.0. The van der Waals surface area contributed by atoms with Gasteiger partial charge in [0, 0.05) is 39.6 Å². The summed E-state index contributed by atoms with van der Waals surface area (Å²) in [5.74, 6) is 3.89. The Morgan fingerprint density at radius 1 is 0.721 bits per heavy atom. The van der Waals surface area contributed by atoms with Gasteiger partial charge in [0.2, 0.25) is 0 Å². The van der Waals surface area contributed by atoms with Crippen LogP contribution in [-0.4, -0.2) is 22.7 Å². The number of amidine groups is 1. The molecule has 68 heavy (non-hydrogen) atoms. The summed E-state index contributed by atoms with van der Waals surface area (Å²) in [5, 5.41) is 8.35. The van der Waals surface area contributed by atoms with Crippen LogP contribution in [0.1, 0.15) is 155 Å². The minimum atomic E-state index is 0.0916. The predicted octanol–water partition coefficient (Wildman–Crippen LogP) is 15.4. The van der Waals surface area contributed by atoms with Crippen LogP contribution in [0.4, 0.5) is 0 Å². The predicted molar refractivity (Wildman–Crippen MR) is 287 cm³/mol. The average Bonchev–Trinajstić information content (AvgIpc) is 3.95. The van der Waals surface area contributed by atoms with Gasteiger partial charge in [-0.2, -0.15) is 0 Å². The molecule has 1 aromatic heterocycles. The van der Waals surface area contributed by atoms with Gasteiger partial charge in [-0.1, -0.05) is 133 Å². The van der Waals surface area contributed by atoms with Gasteiger partial charge in [-0.05, 0) is 196 Å². The van der Waals surface area contributed by atoms with Crippen molar-refractivity contribution in [1.82, 2.24) is 15.2 Å². The zero-order chi connectivity index (χ0) is 45.0. The fraction of sp³-hybridized carbons (Fsp3) is 0.444. The standard InChI is InChI=1S/C63H70N4S/c1-6-20-41(21-7-1)47-31-18-32-48(42-22-8-2-9-23-42)59(47)45-36-37-49(55(38-45)63-65-61(43-24-10-3-11-25-43)64-62(66-63)44-26-12-4-13-27-44)51-33-19-34-52-54-39-53-50-30-16-17-35-56(50)67(46-28-14-5-15-29-46)57(53)40-58(54)68-60(51)52/h1,3,6,8,10,12,16,18-20,22,26,28,30-31,33-34,36-37,40,42-45,48,54,61-62,64H,2,4-5,7,9,11,13-15,17,21,23-25,27,29,32,35,38-39H2,(H,65,66). The highest BCUT2D eigenvalue weighted by Crippen LogP contribution is 2.57. The van der Waals surface area contributed by atoms with Crippen molar-refractivity contribution in [3.63, 3.8) is 0 Å². The Morgan fingerprint density at radius 3 is 2.46 bits per heavy atom. The highest BCUT2D eigenvalue weighted by Gasteiger charge is 2.41. The Labute approximate surface area is 410 Å². The zero-order valence-electron chi connectivity index (χ0n) is 40.1. The highest BCUT2D eigenvalue weighted by atomic mass is 32.2. The quantitative estimate of drug-likeness (QED) is 0.259. The Morgan fingerprint density at radius 2 is 1.63 bits per heavy atom. The fourth-order valence-corrected chi connectivity index (χ4v) is 15.6. The molecular weight excluding hydrogens is 845 g/mol. The molecule has 2 N–H and O–H groups in total. The van der Waals surface area contributed by atoms with Crippen LogP contribution in [0.5, 0.6) is 0 Å². The Bertz CT molecular complexity index is 2780. The maximum Gasteiger partial charge on any atom is 0.127 e. The summed E-state index contributed by atoms with van der Waals surface area (Å²) in [6.07, 6.45) is 66.1. The number of aromatic nitrogens is 1. The maximum absolute atomic E-state index is 5.88. The van der Waals surface area contributed by atoms with Crippen molar-refractivity contribution >= 4 is 41.0 Å². The fourth-order valence-electron chi connectivity index (χ4n) is 14.2. The number of rotatable bonds is 8. The van der Waals surface area contributed by atoms with E-state index in [1.54, 1.807) is 22.5 Å². The molecule has 0 bridgehead atoms. The summed E-state index contributed by atoms with van der Waals surface area (Å²) in [5.41, 5.74) is 18.1. The number of aliphatic imine (C=N–C) groups is 1. The summed E-state index contributed by atoms with van der Waals surface area (Å²) in [6.45, 7) is 0. The second kappa shape index (κ2) is 18.8.